The number of amides is 3. The van der Waals surface area contributed by atoms with Crippen LogP contribution < -0.4 is 36.9 Å². The van der Waals surface area contributed by atoms with Gasteiger partial charge in [-0.15, -0.1) is 33.4 Å². The van der Waals surface area contributed by atoms with Gasteiger partial charge in [-0.3, -0.25) is 19.2 Å². The van der Waals surface area contributed by atoms with Gasteiger partial charge in [-0.05, 0) is 83.1 Å². The van der Waals surface area contributed by atoms with Crippen molar-refractivity contribution in [2.75, 3.05) is 93.0 Å². The summed E-state index contributed by atoms with van der Waals surface area (Å²) in [6.07, 6.45) is -0.379. The number of ether oxygens (including phenoxy) is 3. The molecular formula is C50H60Cl2N14O8. The number of nitrogens with zero attached hydrogens (tertiary/aromatic N) is 9. The Balaban J connectivity index is 0.000000233. The standard InChI is InChI=1S/C27H33N7O5.C22H25N7O3.CH2Cl2/c1-18-7-5-8-19(15-18)23(36)34-24(28)30-25(31-34)29-20-9-6-10-21(16-20)38-17-22(35)32-11-13-33(14-12-32)26(37)39-27(2,3)4;1-15-4-2-5-16(12-15)20(31)29-21(23)26-22(27-29)25-17-6-3-7-18(13-17)32-14-19(30)28-10-8-24-9-11-28;2-1-3/h5-10,15-16H,11-14,17H2,1-4H3,(H3,28,29,30,31);2-7,12-13,24H,8-11,14H2,1H3,(H3,23,25,26,27);1H2. The van der Waals surface area contributed by atoms with Crippen molar-refractivity contribution in [1.29, 1.82) is 0 Å². The zero-order valence-corrected chi connectivity index (χ0v) is 43.2. The summed E-state index contributed by atoms with van der Waals surface area (Å²) in [4.78, 5) is 76.0. The summed E-state index contributed by atoms with van der Waals surface area (Å²) in [5.41, 5.74) is 15.3. The minimum atomic E-state index is -0.567. The Hall–Kier alpha value is -7.95. The van der Waals surface area contributed by atoms with Crippen LogP contribution in [0, 0.1) is 13.8 Å². The van der Waals surface area contributed by atoms with Gasteiger partial charge in [0.05, 0.1) is 5.34 Å². The molecule has 4 heterocycles. The van der Waals surface area contributed by atoms with Gasteiger partial charge in [0.2, 0.25) is 23.8 Å². The SMILES string of the molecule is Cc1cccc(C(=O)n2nc(Nc3cccc(OCC(=O)N4CCN(C(=O)OC(C)(C)C)CC4)c3)nc2N)c1.Cc1cccc(C(=O)n2nc(Nc3cccc(OCC(=O)N4CCNCC4)c3)nc2N)c1.ClCCl. The van der Waals surface area contributed by atoms with Crippen LogP contribution in [0.25, 0.3) is 0 Å². The minimum Gasteiger partial charge on any atom is -0.484 e. The Morgan fingerprint density at radius 1 is 0.608 bits per heavy atom. The van der Waals surface area contributed by atoms with E-state index in [1.807, 2.05) is 46.8 Å². The van der Waals surface area contributed by atoms with Gasteiger partial charge in [-0.1, -0.05) is 47.5 Å². The van der Waals surface area contributed by atoms with Crippen molar-refractivity contribution in [3.63, 3.8) is 0 Å². The lowest BCUT2D eigenvalue weighted by Gasteiger charge is -2.35. The number of rotatable bonds is 12. The molecule has 392 valence electrons. The van der Waals surface area contributed by atoms with Crippen LogP contribution in [-0.4, -0.2) is 150 Å². The topological polar surface area (TPSA) is 272 Å². The number of alkyl halides is 2. The number of hydrogen-bond donors (Lipinski definition) is 5. The molecule has 4 aromatic carbocycles. The molecule has 0 bridgehead atoms. The predicted octanol–water partition coefficient (Wildman–Crippen LogP) is 5.89. The number of nitrogens with one attached hydrogen (secondary N) is 3. The average molecular weight is 1060 g/mol. The third kappa shape index (κ3) is 16.3. The number of piperazine rings is 2. The third-order valence-corrected chi connectivity index (χ3v) is 10.8. The summed E-state index contributed by atoms with van der Waals surface area (Å²) in [6.45, 7) is 13.6. The number of nitrogens with two attached hydrogens (primary N) is 2. The highest BCUT2D eigenvalue weighted by molar-refractivity contribution is 6.40. The molecule has 8 rings (SSSR count). The lowest BCUT2D eigenvalue weighted by molar-refractivity contribution is -0.135. The van der Waals surface area contributed by atoms with Gasteiger partial charge in [0.1, 0.15) is 17.1 Å². The van der Waals surface area contributed by atoms with Crippen LogP contribution in [0.3, 0.4) is 0 Å². The lowest BCUT2D eigenvalue weighted by Crippen LogP contribution is -2.52. The van der Waals surface area contributed by atoms with E-state index in [2.05, 4.69) is 36.1 Å². The first-order valence-electron chi connectivity index (χ1n) is 23.4. The first kappa shape index (κ1) is 55.4. The highest BCUT2D eigenvalue weighted by Crippen LogP contribution is 2.23. The molecule has 2 saturated heterocycles. The van der Waals surface area contributed by atoms with E-state index >= 15 is 0 Å². The second-order valence-electron chi connectivity index (χ2n) is 17.7. The van der Waals surface area contributed by atoms with Crippen LogP contribution in [0.15, 0.2) is 97.1 Å². The van der Waals surface area contributed by atoms with Crippen molar-refractivity contribution >= 4 is 88.1 Å². The zero-order chi connectivity index (χ0) is 53.4. The number of anilines is 6. The molecule has 0 radical (unpaired) electrons. The van der Waals surface area contributed by atoms with E-state index in [1.54, 1.807) is 99.6 Å². The van der Waals surface area contributed by atoms with Gasteiger partial charge < -0.3 is 56.3 Å². The molecule has 0 atom stereocenters. The smallest absolute Gasteiger partial charge is 0.410 e. The predicted molar refractivity (Wildman–Crippen MR) is 282 cm³/mol. The Kier molecular flexibility index (Phi) is 19.6. The molecule has 7 N–H and O–H groups in total. The van der Waals surface area contributed by atoms with Crippen LogP contribution in [-0.2, 0) is 14.3 Å². The summed E-state index contributed by atoms with van der Waals surface area (Å²) < 4.78 is 18.9. The van der Waals surface area contributed by atoms with Crippen LogP contribution in [0.2, 0.25) is 0 Å². The molecule has 2 aliphatic heterocycles. The van der Waals surface area contributed by atoms with E-state index in [-0.39, 0.29) is 72.1 Å². The van der Waals surface area contributed by atoms with Gasteiger partial charge in [0.25, 0.3) is 23.6 Å². The second kappa shape index (κ2) is 26.1. The number of aryl methyl sites for hydroxylation is 2. The second-order valence-corrected chi connectivity index (χ2v) is 18.5. The summed E-state index contributed by atoms with van der Waals surface area (Å²) in [5.74, 6) is 0.261. The molecule has 2 fully saturated rings. The molecule has 0 spiro atoms. The molecule has 22 nitrogen and oxygen atoms in total. The summed E-state index contributed by atoms with van der Waals surface area (Å²) in [5, 5.41) is 17.8. The lowest BCUT2D eigenvalue weighted by atomic mass is 10.1. The third-order valence-electron chi connectivity index (χ3n) is 10.8. The molecule has 2 aromatic heterocycles. The Labute approximate surface area is 438 Å². The zero-order valence-electron chi connectivity index (χ0n) is 41.7. The first-order valence-corrected chi connectivity index (χ1v) is 24.5. The van der Waals surface area contributed by atoms with E-state index in [4.69, 9.17) is 48.9 Å². The van der Waals surface area contributed by atoms with Gasteiger partial charge in [0.15, 0.2) is 13.2 Å². The monoisotopic (exact) mass is 1050 g/mol. The molecular weight excluding hydrogens is 996 g/mol. The number of hydrogen-bond acceptors (Lipinski definition) is 17. The number of halogens is 2. The van der Waals surface area contributed by atoms with Gasteiger partial charge >= 0.3 is 6.09 Å². The number of benzene rings is 4. The maximum absolute atomic E-state index is 12.8. The van der Waals surface area contributed by atoms with Crippen molar-refractivity contribution in [1.82, 2.24) is 49.5 Å². The molecule has 74 heavy (non-hydrogen) atoms. The number of carbonyl (C=O) groups is 5. The fourth-order valence-electron chi connectivity index (χ4n) is 7.29. The molecule has 0 saturated carbocycles. The quantitative estimate of drug-likeness (QED) is 0.0894. The average Bonchev–Trinajstić information content (AvgIpc) is 3.94. The number of nitrogen functional groups attached to an aromatic ring is 2. The summed E-state index contributed by atoms with van der Waals surface area (Å²) in [7, 11) is 0. The summed E-state index contributed by atoms with van der Waals surface area (Å²) in [6, 6.07) is 28.3. The van der Waals surface area contributed by atoms with Crippen LogP contribution in [0.1, 0.15) is 52.6 Å². The van der Waals surface area contributed by atoms with Crippen LogP contribution >= 0.6 is 23.2 Å². The van der Waals surface area contributed by atoms with Crippen LogP contribution in [0.4, 0.5) is 40.0 Å². The molecule has 3 amide bonds. The van der Waals surface area contributed by atoms with Crippen molar-refractivity contribution in [3.05, 3.63) is 119 Å². The maximum Gasteiger partial charge on any atom is 0.410 e. The first-order chi connectivity index (χ1) is 35.4. The van der Waals surface area contributed by atoms with Crippen molar-refractivity contribution in [2.24, 2.45) is 0 Å². The van der Waals surface area contributed by atoms with Gasteiger partial charge in [-0.2, -0.15) is 19.3 Å². The number of carbonyl (C=O) groups excluding carboxylic acids is 5. The number of aromatic nitrogens is 6. The van der Waals surface area contributed by atoms with Gasteiger partial charge in [-0.25, -0.2) is 4.79 Å². The fourth-order valence-corrected chi connectivity index (χ4v) is 7.29. The Morgan fingerprint density at radius 2 is 1.01 bits per heavy atom. The molecule has 2 aliphatic rings. The van der Waals surface area contributed by atoms with Gasteiger partial charge in [0, 0.05) is 87.0 Å². The minimum absolute atomic E-state index is 0.0203. The maximum atomic E-state index is 12.8. The van der Waals surface area contributed by atoms with E-state index in [1.165, 1.54) is 0 Å². The largest absolute Gasteiger partial charge is 0.484 e. The van der Waals surface area contributed by atoms with E-state index < -0.39 is 5.60 Å². The van der Waals surface area contributed by atoms with Crippen molar-refractivity contribution in [2.45, 2.75) is 40.2 Å². The molecule has 0 unspecified atom stereocenters. The van der Waals surface area contributed by atoms with Crippen LogP contribution in [0.5, 0.6) is 11.5 Å². The Bertz CT molecular complexity index is 2890. The highest BCUT2D eigenvalue weighted by atomic mass is 35.5. The fraction of sp³-hybridized carbons (Fsp3) is 0.340. The van der Waals surface area contributed by atoms with E-state index in [9.17, 15) is 24.0 Å². The van der Waals surface area contributed by atoms with E-state index in [0.717, 1.165) is 33.6 Å². The highest BCUT2D eigenvalue weighted by Gasteiger charge is 2.28. The van der Waals surface area contributed by atoms with E-state index in [0.29, 0.717) is 73.3 Å². The normalized spacial score (nSPS) is 13.3. The Morgan fingerprint density at radius 3 is 1.43 bits per heavy atom. The van der Waals surface area contributed by atoms with Crippen molar-refractivity contribution in [3.8, 4) is 11.5 Å². The molecule has 0 aliphatic carbocycles. The van der Waals surface area contributed by atoms with Crippen molar-refractivity contribution < 1.29 is 38.2 Å². The summed E-state index contributed by atoms with van der Waals surface area (Å²) >= 11 is 9.53. The molecule has 6 aromatic rings. The molecule has 24 heteroatoms.